The van der Waals surface area contributed by atoms with Crippen molar-refractivity contribution in [3.63, 3.8) is 0 Å². The van der Waals surface area contributed by atoms with Gasteiger partial charge in [0, 0.05) is 42.8 Å². The van der Waals surface area contributed by atoms with Crippen molar-refractivity contribution >= 4 is 41.4 Å². The maximum absolute atomic E-state index is 14.3. The molecular formula is C48H71N9O7. The number of carbonyl (C=O) groups is 7. The summed E-state index contributed by atoms with van der Waals surface area (Å²) in [4.78, 5) is 99.1. The fraction of sp³-hybridized carbons (Fsp3) is 0.604. The molecule has 0 unspecified atom stereocenters. The number of aryl methyl sites for hydroxylation is 1. The molecule has 0 saturated carbocycles. The molecule has 350 valence electrons. The minimum absolute atomic E-state index is 0.0379. The Morgan fingerprint density at radius 2 is 1.44 bits per heavy atom. The molecule has 64 heavy (non-hydrogen) atoms. The molecule has 1 aliphatic carbocycles. The molecule has 2 aromatic carbocycles. The highest BCUT2D eigenvalue weighted by atomic mass is 16.2. The van der Waals surface area contributed by atoms with Gasteiger partial charge in [0.25, 0.3) is 11.8 Å². The number of likely N-dealkylation sites (N-methyl/N-ethyl adjacent to an activating group) is 2. The van der Waals surface area contributed by atoms with Gasteiger partial charge in [0.2, 0.25) is 29.5 Å². The molecule has 0 aromatic heterocycles. The lowest BCUT2D eigenvalue weighted by Gasteiger charge is -2.34. The van der Waals surface area contributed by atoms with Crippen LogP contribution >= 0.6 is 0 Å². The van der Waals surface area contributed by atoms with Gasteiger partial charge in [0.05, 0.1) is 18.1 Å². The smallest absolute Gasteiger partial charge is 0.251 e. The van der Waals surface area contributed by atoms with Gasteiger partial charge in [-0.25, -0.2) is 0 Å². The van der Waals surface area contributed by atoms with Crippen LogP contribution in [-0.4, -0.2) is 127 Å². The summed E-state index contributed by atoms with van der Waals surface area (Å²) in [6.45, 7) is 13.8. The largest absolute Gasteiger partial charge is 0.347 e. The van der Waals surface area contributed by atoms with Crippen LogP contribution in [0.5, 0.6) is 0 Å². The molecule has 0 radical (unpaired) electrons. The fourth-order valence-corrected chi connectivity index (χ4v) is 8.89. The van der Waals surface area contributed by atoms with Gasteiger partial charge in [0.15, 0.2) is 0 Å². The van der Waals surface area contributed by atoms with E-state index in [4.69, 9.17) is 0 Å². The number of hydrogen-bond donors (Lipinski definition) is 7. The molecule has 2 saturated heterocycles. The second-order valence-corrected chi connectivity index (χ2v) is 19.1. The lowest BCUT2D eigenvalue weighted by molar-refractivity contribution is -0.142. The first kappa shape index (κ1) is 49.7. The van der Waals surface area contributed by atoms with E-state index >= 15 is 0 Å². The number of fused-ring (bicyclic) bond motifs is 1. The number of rotatable bonds is 17. The van der Waals surface area contributed by atoms with Crippen LogP contribution in [0.1, 0.15) is 125 Å². The van der Waals surface area contributed by atoms with Crippen molar-refractivity contribution in [2.45, 2.75) is 142 Å². The van der Waals surface area contributed by atoms with Crippen LogP contribution < -0.4 is 37.2 Å². The van der Waals surface area contributed by atoms with Crippen LogP contribution in [0, 0.1) is 11.3 Å². The van der Waals surface area contributed by atoms with E-state index in [1.807, 2.05) is 59.7 Å². The summed E-state index contributed by atoms with van der Waals surface area (Å²) in [7, 11) is 3.39. The minimum Gasteiger partial charge on any atom is -0.347 e. The van der Waals surface area contributed by atoms with E-state index in [0.29, 0.717) is 19.4 Å². The van der Waals surface area contributed by atoms with E-state index in [0.717, 1.165) is 31.2 Å². The maximum Gasteiger partial charge on any atom is 0.251 e. The van der Waals surface area contributed by atoms with Crippen molar-refractivity contribution in [1.82, 2.24) is 47.0 Å². The van der Waals surface area contributed by atoms with Gasteiger partial charge in [-0.2, -0.15) is 0 Å². The summed E-state index contributed by atoms with van der Waals surface area (Å²) in [6, 6.07) is 9.63. The minimum atomic E-state index is -0.914. The van der Waals surface area contributed by atoms with Crippen molar-refractivity contribution in [1.29, 1.82) is 0 Å². The fourth-order valence-electron chi connectivity index (χ4n) is 8.89. The number of carbonyl (C=O) groups excluding carboxylic acids is 7. The van der Waals surface area contributed by atoms with E-state index in [1.54, 1.807) is 44.1 Å². The number of nitrogens with zero attached hydrogens (tertiary/aromatic N) is 2. The molecule has 7 amide bonds. The predicted octanol–water partition coefficient (Wildman–Crippen LogP) is 2.58. The molecule has 3 aliphatic rings. The molecule has 0 bridgehead atoms. The molecule has 7 N–H and O–H groups in total. The number of hydrogen-bond acceptors (Lipinski definition) is 9. The Bertz CT molecular complexity index is 2020. The lowest BCUT2D eigenvalue weighted by atomic mass is 9.85. The monoisotopic (exact) mass is 886 g/mol. The van der Waals surface area contributed by atoms with Crippen LogP contribution in [0.4, 0.5) is 0 Å². The second kappa shape index (κ2) is 22.0. The van der Waals surface area contributed by atoms with Crippen LogP contribution in [0.3, 0.4) is 0 Å². The predicted molar refractivity (Wildman–Crippen MR) is 245 cm³/mol. The first-order valence-electron chi connectivity index (χ1n) is 23.0. The quantitative estimate of drug-likeness (QED) is 0.124. The average Bonchev–Trinajstić information content (AvgIpc) is 3.92. The molecule has 0 spiro atoms. The SMILES string of the molecule is CCC[C@H](NC)C(=O)N[C@H](C(=O)N1CC[C@H](NC(=O)c2cccc(C(=O)N[C@H]3C[C@@H](C(=O)N[C@@H]4CCCc5ccccc54)N(C(=O)[C@@H](NC(=O)[C@H](C)NC)C(C)C)C3)c2)C1)C(C)(C)C. The van der Waals surface area contributed by atoms with Crippen LogP contribution in [0.2, 0.25) is 0 Å². The third-order valence-corrected chi connectivity index (χ3v) is 12.8. The highest BCUT2D eigenvalue weighted by Crippen LogP contribution is 2.31. The Balaban J connectivity index is 1.26. The normalized spacial score (nSPS) is 21.5. The van der Waals surface area contributed by atoms with Crippen molar-refractivity contribution in [2.24, 2.45) is 11.3 Å². The van der Waals surface area contributed by atoms with Crippen LogP contribution in [0.25, 0.3) is 0 Å². The highest BCUT2D eigenvalue weighted by molar-refractivity contribution is 6.00. The van der Waals surface area contributed by atoms with Gasteiger partial charge < -0.3 is 47.0 Å². The summed E-state index contributed by atoms with van der Waals surface area (Å²) in [6.07, 6.45) is 4.71. The third kappa shape index (κ3) is 12.3. The standard InChI is InChI=1S/C48H71N9O7/c1-10-15-37(50-9)44(61)55-40(48(5,6)7)47(64)56-23-22-33(26-56)51-42(59)31-18-13-19-32(24-31)43(60)52-34-25-38(45(62)53-36-21-14-17-30-16-11-12-20-35(30)36)57(27-34)46(63)39(28(2)3)54-41(58)29(4)49-8/h11-13,16,18-20,24,28-29,33-34,36-40,49-50H,10,14-15,17,21-23,25-27H2,1-9H3,(H,51,59)(H,52,60)(H,53,62)(H,54,58)(H,55,61)/t29-,33-,34-,36+,37-,38-,39-,40+/m0/s1. The van der Waals surface area contributed by atoms with Gasteiger partial charge in [-0.05, 0) is 100 Å². The summed E-state index contributed by atoms with van der Waals surface area (Å²) in [5.41, 5.74) is 2.16. The van der Waals surface area contributed by atoms with Gasteiger partial charge in [-0.15, -0.1) is 0 Å². The number of nitrogens with one attached hydrogen (secondary N) is 7. The Labute approximate surface area is 378 Å². The Kier molecular flexibility index (Phi) is 17.1. The molecule has 2 heterocycles. The zero-order valence-corrected chi connectivity index (χ0v) is 39.1. The molecule has 8 atom stereocenters. The lowest BCUT2D eigenvalue weighted by Crippen LogP contribution is -2.57. The van der Waals surface area contributed by atoms with Gasteiger partial charge in [-0.3, -0.25) is 33.6 Å². The topological polar surface area (TPSA) is 210 Å². The molecule has 2 fully saturated rings. The van der Waals surface area contributed by atoms with Crippen molar-refractivity contribution in [2.75, 3.05) is 33.7 Å². The van der Waals surface area contributed by atoms with Gasteiger partial charge in [-0.1, -0.05) is 78.3 Å². The van der Waals surface area contributed by atoms with Crippen LogP contribution in [0.15, 0.2) is 48.5 Å². The van der Waals surface area contributed by atoms with E-state index in [1.165, 1.54) is 16.5 Å². The number of benzene rings is 2. The Morgan fingerprint density at radius 3 is 2.06 bits per heavy atom. The molecular weight excluding hydrogens is 815 g/mol. The second-order valence-electron chi connectivity index (χ2n) is 19.1. The Morgan fingerprint density at radius 1 is 0.766 bits per heavy atom. The van der Waals surface area contributed by atoms with Crippen molar-refractivity contribution in [3.8, 4) is 0 Å². The molecule has 2 aromatic rings. The molecule has 5 rings (SSSR count). The van der Waals surface area contributed by atoms with E-state index < -0.39 is 59.4 Å². The van der Waals surface area contributed by atoms with E-state index in [9.17, 15) is 33.6 Å². The third-order valence-electron chi connectivity index (χ3n) is 12.8. The Hall–Kier alpha value is -5.35. The summed E-state index contributed by atoms with van der Waals surface area (Å²) >= 11 is 0. The van der Waals surface area contributed by atoms with Gasteiger partial charge in [0.1, 0.15) is 18.1 Å². The summed E-state index contributed by atoms with van der Waals surface area (Å²) in [5, 5.41) is 21.0. The van der Waals surface area contributed by atoms with Crippen molar-refractivity contribution in [3.05, 3.63) is 70.8 Å². The molecule has 16 heteroatoms. The summed E-state index contributed by atoms with van der Waals surface area (Å²) < 4.78 is 0. The van der Waals surface area contributed by atoms with Gasteiger partial charge >= 0.3 is 0 Å². The van der Waals surface area contributed by atoms with Crippen molar-refractivity contribution < 1.29 is 33.6 Å². The number of amides is 7. The van der Waals surface area contributed by atoms with E-state index in [2.05, 4.69) is 43.3 Å². The first-order valence-corrected chi connectivity index (χ1v) is 23.0. The zero-order chi connectivity index (χ0) is 46.9. The molecule has 2 aliphatic heterocycles. The van der Waals surface area contributed by atoms with E-state index in [-0.39, 0.29) is 72.3 Å². The first-order chi connectivity index (χ1) is 30.4. The average molecular weight is 886 g/mol. The molecule has 16 nitrogen and oxygen atoms in total. The zero-order valence-electron chi connectivity index (χ0n) is 39.1. The number of likely N-dealkylation sites (tertiary alicyclic amines) is 2. The summed E-state index contributed by atoms with van der Waals surface area (Å²) in [5.74, 6) is -2.69. The highest BCUT2D eigenvalue weighted by Gasteiger charge is 2.44. The van der Waals surface area contributed by atoms with Crippen LogP contribution in [-0.2, 0) is 30.4 Å². The maximum atomic E-state index is 14.3.